The van der Waals surface area contributed by atoms with Crippen molar-refractivity contribution in [2.24, 2.45) is 0 Å². The summed E-state index contributed by atoms with van der Waals surface area (Å²) in [5.41, 5.74) is 1.78. The van der Waals surface area contributed by atoms with Gasteiger partial charge in [0.2, 0.25) is 10.0 Å². The van der Waals surface area contributed by atoms with Crippen LogP contribution >= 0.6 is 11.6 Å². The first kappa shape index (κ1) is 22.2. The second kappa shape index (κ2) is 9.13. The molecule has 0 aromatic heterocycles. The molecule has 1 aliphatic rings. The molecule has 0 bridgehead atoms. The average molecular weight is 453 g/mol. The summed E-state index contributed by atoms with van der Waals surface area (Å²) in [6.45, 7) is 1.15. The number of benzene rings is 2. The number of aliphatic hydroxyl groups is 1. The number of carbonyl (C=O) groups is 2. The first-order valence-corrected chi connectivity index (χ1v) is 11.1. The number of nitrogens with zero attached hydrogens (tertiary/aromatic N) is 1. The fraction of sp³-hybridized carbons (Fsp3) is 0.300. The van der Waals surface area contributed by atoms with Crippen molar-refractivity contribution in [1.82, 2.24) is 4.72 Å². The summed E-state index contributed by atoms with van der Waals surface area (Å²) in [5.74, 6) is -1.48. The van der Waals surface area contributed by atoms with Gasteiger partial charge in [0.15, 0.2) is 6.61 Å². The molecule has 0 aliphatic carbocycles. The number of hydrogen-bond donors (Lipinski definition) is 2. The van der Waals surface area contributed by atoms with E-state index >= 15 is 0 Å². The van der Waals surface area contributed by atoms with Gasteiger partial charge in [0.25, 0.3) is 5.91 Å². The minimum absolute atomic E-state index is 0.130. The van der Waals surface area contributed by atoms with Crippen molar-refractivity contribution in [3.63, 3.8) is 0 Å². The van der Waals surface area contributed by atoms with Crippen LogP contribution in [0.4, 0.5) is 5.69 Å². The highest BCUT2D eigenvalue weighted by Gasteiger charge is 2.32. The molecule has 0 spiro atoms. The van der Waals surface area contributed by atoms with Crippen molar-refractivity contribution >= 4 is 39.2 Å². The number of para-hydroxylation sites is 1. The Labute approximate surface area is 179 Å². The van der Waals surface area contributed by atoms with Crippen LogP contribution in [0.1, 0.15) is 12.5 Å². The van der Waals surface area contributed by atoms with Crippen LogP contribution in [0.2, 0.25) is 5.02 Å². The first-order valence-electron chi connectivity index (χ1n) is 9.20. The summed E-state index contributed by atoms with van der Waals surface area (Å²) >= 11 is 5.76. The van der Waals surface area contributed by atoms with Gasteiger partial charge in [-0.25, -0.2) is 8.42 Å². The van der Waals surface area contributed by atoms with Gasteiger partial charge in [-0.2, -0.15) is 4.72 Å². The van der Waals surface area contributed by atoms with Gasteiger partial charge in [-0.05, 0) is 49.2 Å². The van der Waals surface area contributed by atoms with Gasteiger partial charge in [-0.15, -0.1) is 0 Å². The predicted molar refractivity (Wildman–Crippen MR) is 111 cm³/mol. The Kier molecular flexibility index (Phi) is 6.77. The number of fused-ring (bicyclic) bond motifs is 1. The topological polar surface area (TPSA) is 113 Å². The molecule has 0 fully saturated rings. The van der Waals surface area contributed by atoms with Crippen LogP contribution < -0.4 is 9.62 Å². The zero-order valence-electron chi connectivity index (χ0n) is 16.1. The second-order valence-corrected chi connectivity index (χ2v) is 8.98. The second-order valence-electron chi connectivity index (χ2n) is 6.83. The van der Waals surface area contributed by atoms with Crippen LogP contribution in [-0.4, -0.2) is 50.7 Å². The number of rotatable bonds is 7. The van der Waals surface area contributed by atoms with E-state index in [1.165, 1.54) is 36.1 Å². The zero-order chi connectivity index (χ0) is 21.9. The van der Waals surface area contributed by atoms with Gasteiger partial charge in [0, 0.05) is 17.3 Å². The Bertz CT molecular complexity index is 1040. The minimum atomic E-state index is -4.13. The van der Waals surface area contributed by atoms with E-state index in [1.54, 1.807) is 6.07 Å². The summed E-state index contributed by atoms with van der Waals surface area (Å²) in [6.07, 6.45) is -0.685. The molecular weight excluding hydrogens is 432 g/mol. The van der Waals surface area contributed by atoms with E-state index in [0.717, 1.165) is 11.3 Å². The Morgan fingerprint density at radius 2 is 1.87 bits per heavy atom. The molecule has 2 aromatic rings. The number of amides is 1. The summed E-state index contributed by atoms with van der Waals surface area (Å²) in [5, 5.41) is 10.2. The molecule has 10 heteroatoms. The van der Waals surface area contributed by atoms with E-state index in [2.05, 4.69) is 4.72 Å². The number of ether oxygens (including phenoxy) is 1. The van der Waals surface area contributed by atoms with Crippen LogP contribution in [0, 0.1) is 0 Å². The van der Waals surface area contributed by atoms with Gasteiger partial charge in [-0.3, -0.25) is 9.59 Å². The number of halogens is 1. The van der Waals surface area contributed by atoms with Crippen molar-refractivity contribution < 1.29 is 27.9 Å². The first-order chi connectivity index (χ1) is 14.2. The maximum absolute atomic E-state index is 12.5. The molecule has 30 heavy (non-hydrogen) atoms. The van der Waals surface area contributed by atoms with Crippen molar-refractivity contribution in [2.75, 3.05) is 18.1 Å². The average Bonchev–Trinajstić information content (AvgIpc) is 3.14. The Morgan fingerprint density at radius 1 is 1.20 bits per heavy atom. The molecule has 1 amide bonds. The van der Waals surface area contributed by atoms with Crippen LogP contribution in [0.3, 0.4) is 0 Å². The normalized spacial score (nSPS) is 15.4. The molecule has 8 nitrogen and oxygen atoms in total. The molecule has 2 atom stereocenters. The zero-order valence-corrected chi connectivity index (χ0v) is 17.7. The van der Waals surface area contributed by atoms with E-state index in [1.807, 2.05) is 18.2 Å². The van der Waals surface area contributed by atoms with Crippen LogP contribution in [0.25, 0.3) is 0 Å². The molecule has 1 heterocycles. The van der Waals surface area contributed by atoms with E-state index < -0.39 is 40.7 Å². The predicted octanol–water partition coefficient (Wildman–Crippen LogP) is 1.50. The van der Waals surface area contributed by atoms with Gasteiger partial charge >= 0.3 is 5.97 Å². The molecule has 2 N–H and O–H groups in total. The number of carbonyl (C=O) groups excluding carboxylic acids is 2. The molecule has 1 aliphatic heterocycles. The van der Waals surface area contributed by atoms with Crippen LogP contribution in [-0.2, 0) is 30.8 Å². The third kappa shape index (κ3) is 4.99. The maximum atomic E-state index is 12.5. The number of anilines is 1. The molecule has 0 saturated carbocycles. The van der Waals surface area contributed by atoms with Crippen molar-refractivity contribution in [3.05, 3.63) is 59.1 Å². The van der Waals surface area contributed by atoms with Crippen LogP contribution in [0.5, 0.6) is 0 Å². The highest BCUT2D eigenvalue weighted by molar-refractivity contribution is 7.89. The summed E-state index contributed by atoms with van der Waals surface area (Å²) < 4.78 is 32.1. The highest BCUT2D eigenvalue weighted by Crippen LogP contribution is 2.27. The molecule has 0 unspecified atom stereocenters. The van der Waals surface area contributed by atoms with E-state index in [-0.39, 0.29) is 4.90 Å². The highest BCUT2D eigenvalue weighted by atomic mass is 35.5. The SMILES string of the molecule is C[C@@H](O)[C@H](NS(=O)(=O)c1ccc(Cl)cc1)C(=O)OCC(=O)N1CCc2ccccc21. The number of hydrogen-bond acceptors (Lipinski definition) is 6. The Morgan fingerprint density at radius 3 is 2.53 bits per heavy atom. The van der Waals surface area contributed by atoms with Gasteiger partial charge in [0.1, 0.15) is 6.04 Å². The lowest BCUT2D eigenvalue weighted by Crippen LogP contribution is -2.49. The lowest BCUT2D eigenvalue weighted by atomic mass is 10.2. The molecule has 0 radical (unpaired) electrons. The molecule has 2 aromatic carbocycles. The van der Waals surface area contributed by atoms with E-state index in [0.29, 0.717) is 18.0 Å². The number of aliphatic hydroxyl groups excluding tert-OH is 1. The third-order valence-corrected chi connectivity index (χ3v) is 6.38. The molecule has 0 saturated heterocycles. The third-order valence-electron chi connectivity index (χ3n) is 4.67. The van der Waals surface area contributed by atoms with Crippen molar-refractivity contribution in [3.8, 4) is 0 Å². The molecule has 3 rings (SSSR count). The van der Waals surface area contributed by atoms with Crippen LogP contribution in [0.15, 0.2) is 53.4 Å². The summed E-state index contributed by atoms with van der Waals surface area (Å²) in [4.78, 5) is 26.3. The van der Waals surface area contributed by atoms with Gasteiger partial charge in [-0.1, -0.05) is 29.8 Å². The smallest absolute Gasteiger partial charge is 0.327 e. The monoisotopic (exact) mass is 452 g/mol. The fourth-order valence-electron chi connectivity index (χ4n) is 3.09. The minimum Gasteiger partial charge on any atom is -0.454 e. The van der Waals surface area contributed by atoms with E-state index in [4.69, 9.17) is 16.3 Å². The number of nitrogens with one attached hydrogen (secondary N) is 1. The van der Waals surface area contributed by atoms with E-state index in [9.17, 15) is 23.1 Å². The molecule has 160 valence electrons. The van der Waals surface area contributed by atoms with Gasteiger partial charge in [0.05, 0.1) is 11.0 Å². The van der Waals surface area contributed by atoms with Gasteiger partial charge < -0.3 is 14.7 Å². The lowest BCUT2D eigenvalue weighted by Gasteiger charge is -2.21. The quantitative estimate of drug-likeness (QED) is 0.615. The fourth-order valence-corrected chi connectivity index (χ4v) is 4.47. The number of sulfonamides is 1. The number of esters is 1. The standard InChI is InChI=1S/C20H21ClN2O6S/c1-13(24)19(22-30(27,28)16-8-6-15(21)7-9-16)20(26)29-12-18(25)23-11-10-14-4-2-3-5-17(14)23/h2-9,13,19,22,24H,10-12H2,1H3/t13-,19+/m1/s1. The molecular formula is C20H21ClN2O6S. The largest absolute Gasteiger partial charge is 0.454 e. The Hall–Kier alpha value is -2.46. The summed E-state index contributed by atoms with van der Waals surface area (Å²) in [7, 11) is -4.13. The maximum Gasteiger partial charge on any atom is 0.327 e. The van der Waals surface area contributed by atoms with Crippen molar-refractivity contribution in [2.45, 2.75) is 30.4 Å². The van der Waals surface area contributed by atoms with Crippen molar-refractivity contribution in [1.29, 1.82) is 0 Å². The lowest BCUT2D eigenvalue weighted by molar-refractivity contribution is -0.151. The Balaban J connectivity index is 1.65. The summed E-state index contributed by atoms with van der Waals surface area (Å²) in [6, 6.07) is 11.1.